The third-order valence-electron chi connectivity index (χ3n) is 4.92. The van der Waals surface area contributed by atoms with Gasteiger partial charge in [0, 0.05) is 35.3 Å². The Hall–Kier alpha value is -2.42. The molecule has 3 heteroatoms. The van der Waals surface area contributed by atoms with Crippen LogP contribution in [-0.2, 0) is 0 Å². The van der Waals surface area contributed by atoms with Crippen molar-refractivity contribution in [2.75, 3.05) is 18.0 Å². The Morgan fingerprint density at radius 3 is 2.38 bits per heavy atom. The fourth-order valence-electron chi connectivity index (χ4n) is 3.53. The van der Waals surface area contributed by atoms with Gasteiger partial charge in [-0.15, -0.1) is 0 Å². The van der Waals surface area contributed by atoms with E-state index in [-0.39, 0.29) is 5.82 Å². The van der Waals surface area contributed by atoms with Gasteiger partial charge in [-0.2, -0.15) is 0 Å². The zero-order valence-electron chi connectivity index (χ0n) is 13.9. The number of hydrogen-bond donors (Lipinski definition) is 0. The lowest BCUT2D eigenvalue weighted by molar-refractivity contribution is 0.578. The van der Waals surface area contributed by atoms with Gasteiger partial charge in [0.25, 0.3) is 0 Å². The molecule has 0 amide bonds. The molecule has 0 bridgehead atoms. The van der Waals surface area contributed by atoms with Crippen LogP contribution in [-0.4, -0.2) is 18.1 Å². The summed E-state index contributed by atoms with van der Waals surface area (Å²) in [6.07, 6.45) is 3.85. The van der Waals surface area contributed by atoms with E-state index in [4.69, 9.17) is 4.98 Å². The number of aromatic nitrogens is 1. The molecule has 2 nitrogen and oxygen atoms in total. The summed E-state index contributed by atoms with van der Waals surface area (Å²) < 4.78 is 14.7. The van der Waals surface area contributed by atoms with Crippen LogP contribution >= 0.6 is 0 Å². The number of para-hydroxylation sites is 1. The summed E-state index contributed by atoms with van der Waals surface area (Å²) in [5.74, 6) is -0.171. The molecule has 2 heterocycles. The Kier molecular flexibility index (Phi) is 3.93. The van der Waals surface area contributed by atoms with Crippen LogP contribution in [0.1, 0.15) is 24.8 Å². The summed E-state index contributed by atoms with van der Waals surface area (Å²) >= 11 is 0. The topological polar surface area (TPSA) is 16.1 Å². The van der Waals surface area contributed by atoms with Crippen molar-refractivity contribution in [1.82, 2.24) is 4.98 Å². The van der Waals surface area contributed by atoms with Crippen LogP contribution in [0.15, 0.2) is 48.5 Å². The second-order valence-corrected chi connectivity index (χ2v) is 6.51. The highest BCUT2D eigenvalue weighted by molar-refractivity contribution is 5.84. The number of benzene rings is 2. The summed E-state index contributed by atoms with van der Waals surface area (Å²) in [5, 5.41) is 0.587. The Bertz CT molecular complexity index is 865. The molecule has 1 aromatic heterocycles. The standard InChI is InChI=1S/C21H21FN2/c1-15-20(22)18-7-3-4-8-19(18)23-21(15)16-9-11-17(12-10-16)24-13-5-2-6-14-24/h3-4,7-12H,2,5-6,13-14H2,1H3. The maximum absolute atomic E-state index is 14.7. The third kappa shape index (κ3) is 2.64. The minimum atomic E-state index is -0.171. The lowest BCUT2D eigenvalue weighted by Gasteiger charge is -2.28. The highest BCUT2D eigenvalue weighted by atomic mass is 19.1. The van der Waals surface area contributed by atoms with Crippen molar-refractivity contribution in [3.8, 4) is 11.3 Å². The summed E-state index contributed by atoms with van der Waals surface area (Å²) in [7, 11) is 0. The second kappa shape index (κ2) is 6.23. The first kappa shape index (κ1) is 15.1. The van der Waals surface area contributed by atoms with E-state index in [0.29, 0.717) is 16.5 Å². The predicted molar refractivity (Wildman–Crippen MR) is 97.9 cm³/mol. The summed E-state index contributed by atoms with van der Waals surface area (Å²) in [5.41, 5.74) is 4.27. The van der Waals surface area contributed by atoms with Crippen LogP contribution in [0.4, 0.5) is 10.1 Å². The van der Waals surface area contributed by atoms with Crippen LogP contribution in [0.25, 0.3) is 22.2 Å². The molecule has 0 atom stereocenters. The molecular weight excluding hydrogens is 299 g/mol. The SMILES string of the molecule is Cc1c(-c2ccc(N3CCCCC3)cc2)nc2ccccc2c1F. The molecule has 0 radical (unpaired) electrons. The number of fused-ring (bicyclic) bond motifs is 1. The lowest BCUT2D eigenvalue weighted by Crippen LogP contribution is -2.29. The van der Waals surface area contributed by atoms with Crippen molar-refractivity contribution in [3.63, 3.8) is 0 Å². The highest BCUT2D eigenvalue weighted by Gasteiger charge is 2.14. The van der Waals surface area contributed by atoms with Gasteiger partial charge in [-0.25, -0.2) is 9.37 Å². The summed E-state index contributed by atoms with van der Waals surface area (Å²) in [4.78, 5) is 7.12. The maximum Gasteiger partial charge on any atom is 0.137 e. The Balaban J connectivity index is 1.73. The first-order chi connectivity index (χ1) is 11.7. The van der Waals surface area contributed by atoms with Gasteiger partial charge in [-0.05, 0) is 50.5 Å². The largest absolute Gasteiger partial charge is 0.372 e. The molecule has 24 heavy (non-hydrogen) atoms. The lowest BCUT2D eigenvalue weighted by atomic mass is 10.0. The summed E-state index contributed by atoms with van der Waals surface area (Å²) in [6, 6.07) is 15.8. The molecule has 0 aliphatic carbocycles. The van der Waals surface area contributed by atoms with Crippen molar-refractivity contribution >= 4 is 16.6 Å². The fourth-order valence-corrected chi connectivity index (χ4v) is 3.53. The van der Waals surface area contributed by atoms with Crippen molar-refractivity contribution in [1.29, 1.82) is 0 Å². The van der Waals surface area contributed by atoms with E-state index < -0.39 is 0 Å². The Morgan fingerprint density at radius 1 is 0.917 bits per heavy atom. The van der Waals surface area contributed by atoms with Gasteiger partial charge < -0.3 is 4.90 Å². The molecule has 1 saturated heterocycles. The maximum atomic E-state index is 14.7. The fraction of sp³-hybridized carbons (Fsp3) is 0.286. The van der Waals surface area contributed by atoms with Crippen molar-refractivity contribution < 1.29 is 4.39 Å². The summed E-state index contributed by atoms with van der Waals surface area (Å²) in [6.45, 7) is 4.06. The molecule has 1 aliphatic heterocycles. The Morgan fingerprint density at radius 2 is 1.62 bits per heavy atom. The monoisotopic (exact) mass is 320 g/mol. The van der Waals surface area contributed by atoms with Crippen LogP contribution in [0, 0.1) is 12.7 Å². The number of anilines is 1. The first-order valence-electron chi connectivity index (χ1n) is 8.64. The molecule has 0 unspecified atom stereocenters. The van der Waals surface area contributed by atoms with Gasteiger partial charge in [0.2, 0.25) is 0 Å². The van der Waals surface area contributed by atoms with E-state index in [1.165, 1.54) is 24.9 Å². The predicted octanol–water partition coefficient (Wildman–Crippen LogP) is 5.34. The van der Waals surface area contributed by atoms with E-state index >= 15 is 0 Å². The highest BCUT2D eigenvalue weighted by Crippen LogP contribution is 2.30. The van der Waals surface area contributed by atoms with Crippen LogP contribution < -0.4 is 4.90 Å². The third-order valence-corrected chi connectivity index (χ3v) is 4.92. The van der Waals surface area contributed by atoms with Gasteiger partial charge in [0.1, 0.15) is 5.82 Å². The molecule has 4 rings (SSSR count). The van der Waals surface area contributed by atoms with E-state index in [0.717, 1.165) is 24.3 Å². The minimum absolute atomic E-state index is 0.171. The number of pyridine rings is 1. The van der Waals surface area contributed by atoms with Crippen LogP contribution in [0.5, 0.6) is 0 Å². The number of hydrogen-bond acceptors (Lipinski definition) is 2. The zero-order valence-corrected chi connectivity index (χ0v) is 13.9. The zero-order chi connectivity index (χ0) is 16.5. The molecule has 2 aromatic carbocycles. The number of rotatable bonds is 2. The minimum Gasteiger partial charge on any atom is -0.372 e. The number of piperidine rings is 1. The molecule has 122 valence electrons. The average Bonchev–Trinajstić information content (AvgIpc) is 2.66. The molecule has 0 spiro atoms. The van der Waals surface area contributed by atoms with Gasteiger partial charge >= 0.3 is 0 Å². The number of halogens is 1. The van der Waals surface area contributed by atoms with Gasteiger partial charge in [-0.1, -0.05) is 24.3 Å². The van der Waals surface area contributed by atoms with E-state index in [1.807, 2.05) is 25.1 Å². The van der Waals surface area contributed by atoms with Gasteiger partial charge in [0.05, 0.1) is 11.2 Å². The normalized spacial score (nSPS) is 15.0. The molecular formula is C21H21FN2. The second-order valence-electron chi connectivity index (χ2n) is 6.51. The quantitative estimate of drug-likeness (QED) is 0.633. The smallest absolute Gasteiger partial charge is 0.137 e. The van der Waals surface area contributed by atoms with E-state index in [9.17, 15) is 4.39 Å². The average molecular weight is 320 g/mol. The van der Waals surface area contributed by atoms with E-state index in [1.54, 1.807) is 6.07 Å². The van der Waals surface area contributed by atoms with Crippen molar-refractivity contribution in [2.45, 2.75) is 26.2 Å². The van der Waals surface area contributed by atoms with Crippen LogP contribution in [0.2, 0.25) is 0 Å². The van der Waals surface area contributed by atoms with Gasteiger partial charge in [-0.3, -0.25) is 0 Å². The van der Waals surface area contributed by atoms with Crippen molar-refractivity contribution in [3.05, 3.63) is 59.9 Å². The molecule has 1 aliphatic rings. The first-order valence-corrected chi connectivity index (χ1v) is 8.64. The van der Waals surface area contributed by atoms with E-state index in [2.05, 4.69) is 29.2 Å². The van der Waals surface area contributed by atoms with Gasteiger partial charge in [0.15, 0.2) is 0 Å². The van der Waals surface area contributed by atoms with Crippen molar-refractivity contribution in [2.24, 2.45) is 0 Å². The molecule has 0 N–H and O–H groups in total. The molecule has 0 saturated carbocycles. The number of nitrogens with zero attached hydrogens (tertiary/aromatic N) is 2. The molecule has 1 fully saturated rings. The Labute approximate surface area is 141 Å². The van der Waals surface area contributed by atoms with Crippen LogP contribution in [0.3, 0.4) is 0 Å². The molecule has 3 aromatic rings.